The summed E-state index contributed by atoms with van der Waals surface area (Å²) in [6, 6.07) is 0.302. The Kier molecular flexibility index (Phi) is 6.26. The molecule has 4 atom stereocenters. The van der Waals surface area contributed by atoms with Gasteiger partial charge in [0.15, 0.2) is 11.6 Å². The highest BCUT2D eigenvalue weighted by atomic mass is 19.2. The van der Waals surface area contributed by atoms with Crippen LogP contribution in [-0.2, 0) is 4.74 Å². The van der Waals surface area contributed by atoms with E-state index in [1.54, 1.807) is 20.8 Å². The normalized spacial score (nSPS) is 25.5. The van der Waals surface area contributed by atoms with E-state index in [4.69, 9.17) is 4.74 Å². The van der Waals surface area contributed by atoms with Crippen molar-refractivity contribution < 1.29 is 32.2 Å². The minimum atomic E-state index is -1.59. The Hall–Kier alpha value is -2.36. The smallest absolute Gasteiger partial charge is 0.410 e. The molecule has 10 heteroatoms. The molecule has 1 aromatic rings. The second kappa shape index (κ2) is 8.41. The number of hydrazone groups is 1. The zero-order chi connectivity index (χ0) is 22.2. The van der Waals surface area contributed by atoms with E-state index in [0.717, 1.165) is 11.1 Å². The number of hydrogen-bond donors (Lipinski definition) is 1. The summed E-state index contributed by atoms with van der Waals surface area (Å²) in [5.74, 6) is -4.47. The number of amides is 1. The molecule has 1 N–H and O–H groups in total. The van der Waals surface area contributed by atoms with Gasteiger partial charge in [-0.3, -0.25) is 5.01 Å². The van der Waals surface area contributed by atoms with Crippen molar-refractivity contribution in [1.82, 2.24) is 9.91 Å². The average molecular weight is 431 g/mol. The maximum atomic E-state index is 14.9. The SMILES string of the molecule is CC(C)(C)OC(=O)N1CC[C@H](C(O)N2N=CCC2c2cc(F)cc(F)c2F)[C@H](F)C1. The van der Waals surface area contributed by atoms with Crippen molar-refractivity contribution in [1.29, 1.82) is 0 Å². The molecular weight excluding hydrogens is 406 g/mol. The van der Waals surface area contributed by atoms with E-state index in [1.807, 2.05) is 0 Å². The van der Waals surface area contributed by atoms with Crippen LogP contribution in [0.1, 0.15) is 45.2 Å². The predicted molar refractivity (Wildman–Crippen MR) is 101 cm³/mol. The fourth-order valence-corrected chi connectivity index (χ4v) is 3.72. The van der Waals surface area contributed by atoms with Crippen molar-refractivity contribution in [3.63, 3.8) is 0 Å². The number of aliphatic hydroxyl groups is 1. The lowest BCUT2D eigenvalue weighted by atomic mass is 9.92. The van der Waals surface area contributed by atoms with Crippen LogP contribution < -0.4 is 0 Å². The molecule has 0 bridgehead atoms. The minimum Gasteiger partial charge on any atom is -0.444 e. The van der Waals surface area contributed by atoms with E-state index in [-0.39, 0.29) is 31.5 Å². The number of carbonyl (C=O) groups is 1. The number of likely N-dealkylation sites (tertiary alicyclic amines) is 1. The third kappa shape index (κ3) is 4.69. The van der Waals surface area contributed by atoms with Crippen LogP contribution in [0.3, 0.4) is 0 Å². The Morgan fingerprint density at radius 1 is 1.30 bits per heavy atom. The lowest BCUT2D eigenvalue weighted by Gasteiger charge is -2.40. The summed E-state index contributed by atoms with van der Waals surface area (Å²) in [7, 11) is 0. The van der Waals surface area contributed by atoms with Crippen LogP contribution in [0.5, 0.6) is 0 Å². The molecule has 0 saturated carbocycles. The molecule has 2 unspecified atom stereocenters. The number of hydrogen-bond acceptors (Lipinski definition) is 5. The van der Waals surface area contributed by atoms with Crippen molar-refractivity contribution in [3.05, 3.63) is 35.1 Å². The summed E-state index contributed by atoms with van der Waals surface area (Å²) in [5, 5.41) is 15.8. The summed E-state index contributed by atoms with van der Waals surface area (Å²) < 4.78 is 61.6. The van der Waals surface area contributed by atoms with E-state index in [9.17, 15) is 27.5 Å². The third-order valence-corrected chi connectivity index (χ3v) is 5.14. The molecule has 0 aliphatic carbocycles. The van der Waals surface area contributed by atoms with E-state index in [1.165, 1.54) is 11.1 Å². The molecule has 6 nitrogen and oxygen atoms in total. The predicted octanol–water partition coefficient (Wildman–Crippen LogP) is 3.75. The molecule has 0 aromatic heterocycles. The first kappa shape index (κ1) is 22.3. The molecule has 3 rings (SSSR count). The molecule has 2 heterocycles. The molecule has 0 spiro atoms. The van der Waals surface area contributed by atoms with Gasteiger partial charge in [-0.2, -0.15) is 5.10 Å². The summed E-state index contributed by atoms with van der Waals surface area (Å²) >= 11 is 0. The molecule has 1 amide bonds. The Bertz CT molecular complexity index is 830. The first-order valence-electron chi connectivity index (χ1n) is 9.73. The van der Waals surface area contributed by atoms with Gasteiger partial charge in [-0.25, -0.2) is 22.4 Å². The van der Waals surface area contributed by atoms with Gasteiger partial charge in [0.1, 0.15) is 23.8 Å². The molecule has 1 saturated heterocycles. The largest absolute Gasteiger partial charge is 0.444 e. The second-order valence-electron chi connectivity index (χ2n) is 8.53. The number of nitrogens with zero attached hydrogens (tertiary/aromatic N) is 3. The fourth-order valence-electron chi connectivity index (χ4n) is 3.72. The van der Waals surface area contributed by atoms with Gasteiger partial charge in [-0.1, -0.05) is 0 Å². The first-order valence-corrected chi connectivity index (χ1v) is 9.73. The molecule has 166 valence electrons. The van der Waals surface area contributed by atoms with Crippen LogP contribution in [0.25, 0.3) is 0 Å². The second-order valence-corrected chi connectivity index (χ2v) is 8.53. The third-order valence-electron chi connectivity index (χ3n) is 5.14. The van der Waals surface area contributed by atoms with Gasteiger partial charge in [-0.05, 0) is 33.3 Å². The van der Waals surface area contributed by atoms with Gasteiger partial charge in [0, 0.05) is 36.7 Å². The van der Waals surface area contributed by atoms with Crippen molar-refractivity contribution in [2.24, 2.45) is 11.0 Å². The van der Waals surface area contributed by atoms with Gasteiger partial charge in [0.2, 0.25) is 0 Å². The standard InChI is InChI=1S/C20H25F4N3O3/c1-20(2,3)30-19(29)26-7-5-12(15(23)10-26)18(28)27-16(4-6-25-27)13-8-11(21)9-14(22)17(13)24/h6,8-9,12,15-16,18,28H,4-5,7,10H2,1-3H3/t12-,15+,16?,18?/m0/s1. The monoisotopic (exact) mass is 431 g/mol. The lowest BCUT2D eigenvalue weighted by Crippen LogP contribution is -2.52. The summed E-state index contributed by atoms with van der Waals surface area (Å²) in [4.78, 5) is 13.4. The number of halogens is 4. The number of alkyl halides is 1. The van der Waals surface area contributed by atoms with Crippen molar-refractivity contribution in [2.45, 2.75) is 57.7 Å². The highest BCUT2D eigenvalue weighted by Gasteiger charge is 2.42. The quantitative estimate of drug-likeness (QED) is 0.585. The number of aliphatic hydroxyl groups excluding tert-OH is 1. The molecule has 1 fully saturated rings. The van der Waals surface area contributed by atoms with Crippen LogP contribution in [0.2, 0.25) is 0 Å². The van der Waals surface area contributed by atoms with Gasteiger partial charge in [0.25, 0.3) is 0 Å². The minimum absolute atomic E-state index is 0.102. The average Bonchev–Trinajstić information content (AvgIpc) is 3.12. The molecular formula is C20H25F4N3O3. The molecule has 2 aliphatic rings. The summed E-state index contributed by atoms with van der Waals surface area (Å²) in [5.41, 5.74) is -1.02. The van der Waals surface area contributed by atoms with Gasteiger partial charge < -0.3 is 14.7 Å². The van der Waals surface area contributed by atoms with Gasteiger partial charge >= 0.3 is 6.09 Å². The maximum Gasteiger partial charge on any atom is 0.410 e. The van der Waals surface area contributed by atoms with E-state index >= 15 is 0 Å². The molecule has 30 heavy (non-hydrogen) atoms. The van der Waals surface area contributed by atoms with Crippen LogP contribution in [0.4, 0.5) is 22.4 Å². The first-order chi connectivity index (χ1) is 14.0. The zero-order valence-corrected chi connectivity index (χ0v) is 17.0. The van der Waals surface area contributed by atoms with Crippen molar-refractivity contribution >= 4 is 12.3 Å². The summed E-state index contributed by atoms with van der Waals surface area (Å²) in [6.45, 7) is 4.99. The summed E-state index contributed by atoms with van der Waals surface area (Å²) in [6.07, 6.45) is -2.11. The number of ether oxygens (including phenoxy) is 1. The van der Waals surface area contributed by atoms with Crippen LogP contribution in [0, 0.1) is 23.4 Å². The Morgan fingerprint density at radius 3 is 2.63 bits per heavy atom. The Balaban J connectivity index is 1.71. The molecule has 1 aromatic carbocycles. The number of rotatable bonds is 3. The zero-order valence-electron chi connectivity index (χ0n) is 17.0. The highest BCUT2D eigenvalue weighted by molar-refractivity contribution is 5.68. The van der Waals surface area contributed by atoms with Crippen LogP contribution in [-0.4, -0.2) is 58.4 Å². The van der Waals surface area contributed by atoms with E-state index in [0.29, 0.717) is 6.07 Å². The Labute approximate surface area is 172 Å². The lowest BCUT2D eigenvalue weighted by molar-refractivity contribution is -0.0977. The highest BCUT2D eigenvalue weighted by Crippen LogP contribution is 2.36. The van der Waals surface area contributed by atoms with Gasteiger partial charge in [0.05, 0.1) is 12.6 Å². The van der Waals surface area contributed by atoms with E-state index in [2.05, 4.69) is 5.10 Å². The Morgan fingerprint density at radius 2 is 2.00 bits per heavy atom. The van der Waals surface area contributed by atoms with Crippen molar-refractivity contribution in [3.8, 4) is 0 Å². The number of carbonyl (C=O) groups excluding carboxylic acids is 1. The molecule has 2 aliphatic heterocycles. The van der Waals surface area contributed by atoms with Crippen LogP contribution in [0.15, 0.2) is 17.2 Å². The molecule has 0 radical (unpaired) electrons. The topological polar surface area (TPSA) is 65.4 Å². The van der Waals surface area contributed by atoms with Crippen LogP contribution >= 0.6 is 0 Å². The maximum absolute atomic E-state index is 14.9. The number of benzene rings is 1. The number of piperidine rings is 1. The van der Waals surface area contributed by atoms with E-state index < -0.39 is 53.5 Å². The fraction of sp³-hybridized carbons (Fsp3) is 0.600. The van der Waals surface area contributed by atoms with Crippen molar-refractivity contribution in [2.75, 3.05) is 13.1 Å². The van der Waals surface area contributed by atoms with Gasteiger partial charge in [-0.15, -0.1) is 0 Å².